The molecule has 1 aliphatic heterocycles. The number of benzene rings is 1. The van der Waals surface area contributed by atoms with Gasteiger partial charge in [0.15, 0.2) is 6.54 Å². The topological polar surface area (TPSA) is 53.9 Å². The highest BCUT2D eigenvalue weighted by Crippen LogP contribution is 2.10. The van der Waals surface area contributed by atoms with Gasteiger partial charge in [0.1, 0.15) is 0 Å². The van der Waals surface area contributed by atoms with E-state index in [1.54, 1.807) is 6.92 Å². The van der Waals surface area contributed by atoms with Crippen LogP contribution in [0.25, 0.3) is 0 Å². The summed E-state index contributed by atoms with van der Waals surface area (Å²) in [6, 6.07) is 9.98. The molecule has 1 heterocycles. The minimum Gasteiger partial charge on any atom is -0.345 e. The number of carbonyl (C=O) groups is 2. The fraction of sp³-hybridized carbons (Fsp3) is 0.500. The molecule has 0 aliphatic carbocycles. The summed E-state index contributed by atoms with van der Waals surface area (Å²) in [7, 11) is 0. The van der Waals surface area contributed by atoms with Crippen molar-refractivity contribution in [3.8, 4) is 0 Å². The molecule has 1 aromatic carbocycles. The highest BCUT2D eigenvalue weighted by molar-refractivity contribution is 5.77. The molecule has 2 amide bonds. The molecular weight excluding hydrogens is 266 g/mol. The smallest absolute Gasteiger partial charge is 0.275 e. The normalized spacial score (nSPS) is 17.3. The second kappa shape index (κ2) is 7.22. The highest BCUT2D eigenvalue weighted by atomic mass is 16.2. The Morgan fingerprint density at radius 2 is 1.86 bits per heavy atom. The first kappa shape index (κ1) is 15.5. The molecular formula is C16H24N3O2+. The lowest BCUT2D eigenvalue weighted by Gasteiger charge is -2.31. The third-order valence-electron chi connectivity index (χ3n) is 4.00. The fourth-order valence-electron chi connectivity index (χ4n) is 2.66. The third kappa shape index (κ3) is 4.56. The van der Waals surface area contributed by atoms with Crippen molar-refractivity contribution in [3.05, 3.63) is 35.9 Å². The van der Waals surface area contributed by atoms with Crippen LogP contribution in [0.1, 0.15) is 25.5 Å². The Morgan fingerprint density at radius 3 is 2.43 bits per heavy atom. The molecule has 0 spiro atoms. The van der Waals surface area contributed by atoms with E-state index in [1.807, 2.05) is 42.2 Å². The zero-order valence-corrected chi connectivity index (χ0v) is 12.8. The van der Waals surface area contributed by atoms with Crippen molar-refractivity contribution in [1.82, 2.24) is 10.2 Å². The van der Waals surface area contributed by atoms with E-state index in [0.717, 1.165) is 31.7 Å². The lowest BCUT2D eigenvalue weighted by atomic mass is 10.1. The van der Waals surface area contributed by atoms with E-state index < -0.39 is 0 Å². The van der Waals surface area contributed by atoms with Crippen LogP contribution in [-0.2, 0) is 9.59 Å². The summed E-state index contributed by atoms with van der Waals surface area (Å²) in [5.41, 5.74) is 1.11. The van der Waals surface area contributed by atoms with Gasteiger partial charge in [-0.2, -0.15) is 0 Å². The lowest BCUT2D eigenvalue weighted by Crippen LogP contribution is -3.15. The van der Waals surface area contributed by atoms with Gasteiger partial charge >= 0.3 is 0 Å². The number of rotatable bonds is 4. The molecule has 21 heavy (non-hydrogen) atoms. The fourth-order valence-corrected chi connectivity index (χ4v) is 2.66. The first-order chi connectivity index (χ1) is 10.1. The number of carbonyl (C=O) groups excluding carboxylic acids is 2. The molecule has 1 aliphatic rings. The van der Waals surface area contributed by atoms with Crippen molar-refractivity contribution >= 4 is 11.8 Å². The van der Waals surface area contributed by atoms with Crippen LogP contribution < -0.4 is 10.2 Å². The average Bonchev–Trinajstić information content (AvgIpc) is 2.48. The quantitative estimate of drug-likeness (QED) is 0.794. The van der Waals surface area contributed by atoms with E-state index in [9.17, 15) is 9.59 Å². The maximum Gasteiger partial charge on any atom is 0.275 e. The summed E-state index contributed by atoms with van der Waals surface area (Å²) in [5, 5.41) is 3.04. The number of hydrogen-bond donors (Lipinski definition) is 2. The van der Waals surface area contributed by atoms with E-state index in [-0.39, 0.29) is 17.9 Å². The van der Waals surface area contributed by atoms with Gasteiger partial charge < -0.3 is 15.1 Å². The molecule has 0 saturated carbocycles. The number of quaternary nitrogens is 1. The van der Waals surface area contributed by atoms with Crippen molar-refractivity contribution in [2.24, 2.45) is 0 Å². The van der Waals surface area contributed by atoms with Crippen LogP contribution in [0.2, 0.25) is 0 Å². The average molecular weight is 290 g/mol. The molecule has 0 aromatic heterocycles. The van der Waals surface area contributed by atoms with E-state index in [2.05, 4.69) is 5.32 Å². The number of hydrogen-bond acceptors (Lipinski definition) is 2. The van der Waals surface area contributed by atoms with E-state index in [1.165, 1.54) is 4.90 Å². The summed E-state index contributed by atoms with van der Waals surface area (Å²) in [4.78, 5) is 26.4. The molecule has 5 heteroatoms. The minimum atomic E-state index is 0.0246. The SMILES string of the molecule is CC(=O)N1CC[NH+](CC(=O)N[C@H](C)c2ccccc2)CC1. The summed E-state index contributed by atoms with van der Waals surface area (Å²) in [6.45, 7) is 7.23. The van der Waals surface area contributed by atoms with Gasteiger partial charge in [0.2, 0.25) is 5.91 Å². The van der Waals surface area contributed by atoms with Crippen LogP contribution in [0.5, 0.6) is 0 Å². The van der Waals surface area contributed by atoms with Crippen molar-refractivity contribution < 1.29 is 14.5 Å². The molecule has 1 fully saturated rings. The Morgan fingerprint density at radius 1 is 1.24 bits per heavy atom. The van der Waals surface area contributed by atoms with Crippen LogP contribution in [0.4, 0.5) is 0 Å². The van der Waals surface area contributed by atoms with Gasteiger partial charge in [0.05, 0.1) is 32.2 Å². The molecule has 0 radical (unpaired) electrons. The molecule has 0 bridgehead atoms. The van der Waals surface area contributed by atoms with Crippen LogP contribution in [0, 0.1) is 0 Å². The number of nitrogens with zero attached hydrogens (tertiary/aromatic N) is 1. The van der Waals surface area contributed by atoms with Gasteiger partial charge in [-0.25, -0.2) is 0 Å². The number of amides is 2. The van der Waals surface area contributed by atoms with Crippen molar-refractivity contribution in [3.63, 3.8) is 0 Å². The summed E-state index contributed by atoms with van der Waals surface area (Å²) >= 11 is 0. The standard InChI is InChI=1S/C16H23N3O2/c1-13(15-6-4-3-5-7-15)17-16(21)12-18-8-10-19(11-9-18)14(2)20/h3-7,13H,8-12H2,1-2H3,(H,17,21)/p+1/t13-/m1/s1. The van der Waals surface area contributed by atoms with Crippen molar-refractivity contribution in [1.29, 1.82) is 0 Å². The Labute approximate surface area is 125 Å². The Balaban J connectivity index is 1.76. The molecule has 114 valence electrons. The Bertz CT molecular complexity index is 482. The minimum absolute atomic E-state index is 0.0246. The number of piperazine rings is 1. The van der Waals surface area contributed by atoms with E-state index >= 15 is 0 Å². The van der Waals surface area contributed by atoms with Gasteiger partial charge in [-0.1, -0.05) is 30.3 Å². The molecule has 1 atom stereocenters. The highest BCUT2D eigenvalue weighted by Gasteiger charge is 2.23. The lowest BCUT2D eigenvalue weighted by molar-refractivity contribution is -0.896. The summed E-state index contributed by atoms with van der Waals surface area (Å²) in [6.07, 6.45) is 0. The number of nitrogens with one attached hydrogen (secondary N) is 2. The first-order valence-corrected chi connectivity index (χ1v) is 7.49. The van der Waals surface area contributed by atoms with Gasteiger partial charge in [-0.15, -0.1) is 0 Å². The van der Waals surface area contributed by atoms with Gasteiger partial charge in [0, 0.05) is 6.92 Å². The zero-order chi connectivity index (χ0) is 15.2. The molecule has 5 nitrogen and oxygen atoms in total. The second-order valence-corrected chi connectivity index (χ2v) is 5.63. The van der Waals surface area contributed by atoms with Gasteiger partial charge in [0.25, 0.3) is 5.91 Å². The predicted molar refractivity (Wildman–Crippen MR) is 80.8 cm³/mol. The maximum atomic E-state index is 12.1. The van der Waals surface area contributed by atoms with Crippen LogP contribution in [-0.4, -0.2) is 49.4 Å². The third-order valence-corrected chi connectivity index (χ3v) is 4.00. The van der Waals surface area contributed by atoms with Crippen LogP contribution >= 0.6 is 0 Å². The van der Waals surface area contributed by atoms with Crippen LogP contribution in [0.15, 0.2) is 30.3 Å². The summed E-state index contributed by atoms with van der Waals surface area (Å²) < 4.78 is 0. The van der Waals surface area contributed by atoms with E-state index in [4.69, 9.17) is 0 Å². The van der Waals surface area contributed by atoms with E-state index in [0.29, 0.717) is 6.54 Å². The first-order valence-electron chi connectivity index (χ1n) is 7.49. The molecule has 2 N–H and O–H groups in total. The Kier molecular flexibility index (Phi) is 5.33. The molecule has 2 rings (SSSR count). The second-order valence-electron chi connectivity index (χ2n) is 5.63. The monoisotopic (exact) mass is 290 g/mol. The predicted octanol–water partition coefficient (Wildman–Crippen LogP) is -0.389. The van der Waals surface area contributed by atoms with Crippen LogP contribution in [0.3, 0.4) is 0 Å². The summed E-state index contributed by atoms with van der Waals surface area (Å²) in [5.74, 6) is 0.189. The Hall–Kier alpha value is -1.88. The van der Waals surface area contributed by atoms with Crippen molar-refractivity contribution in [2.75, 3.05) is 32.7 Å². The van der Waals surface area contributed by atoms with Gasteiger partial charge in [-0.3, -0.25) is 9.59 Å². The van der Waals surface area contributed by atoms with Gasteiger partial charge in [-0.05, 0) is 12.5 Å². The largest absolute Gasteiger partial charge is 0.345 e. The van der Waals surface area contributed by atoms with Crippen molar-refractivity contribution in [2.45, 2.75) is 19.9 Å². The molecule has 1 aromatic rings. The zero-order valence-electron chi connectivity index (χ0n) is 12.8. The maximum absolute atomic E-state index is 12.1. The molecule has 1 saturated heterocycles. The molecule has 0 unspecified atom stereocenters.